The number of aromatic carboxylic acids is 1. The first-order valence-corrected chi connectivity index (χ1v) is 8.14. The zero-order valence-electron chi connectivity index (χ0n) is 11.9. The lowest BCUT2D eigenvalue weighted by Gasteiger charge is -2.29. The standard InChI is InChI=1S/C16H22BrNO2/c1-2-11-4-3-5-14(8-11)18-10-13-7-6-12(16(19)20)9-15(13)17/h6-7,9,11,14,18H,2-5,8,10H2,1H3,(H,19,20). The summed E-state index contributed by atoms with van der Waals surface area (Å²) in [6, 6.07) is 5.83. The molecule has 1 aromatic carbocycles. The van der Waals surface area contributed by atoms with Crippen LogP contribution in [-0.4, -0.2) is 17.1 Å². The van der Waals surface area contributed by atoms with Gasteiger partial charge in [0.15, 0.2) is 0 Å². The van der Waals surface area contributed by atoms with Crippen molar-refractivity contribution in [3.05, 3.63) is 33.8 Å². The SMILES string of the molecule is CCC1CCCC(NCc2ccc(C(=O)O)cc2Br)C1. The van der Waals surface area contributed by atoms with Crippen LogP contribution >= 0.6 is 15.9 Å². The Morgan fingerprint density at radius 1 is 1.45 bits per heavy atom. The van der Waals surface area contributed by atoms with Gasteiger partial charge in [-0.05, 0) is 36.5 Å². The van der Waals surface area contributed by atoms with Crippen molar-refractivity contribution in [3.63, 3.8) is 0 Å². The number of carbonyl (C=O) groups is 1. The maximum absolute atomic E-state index is 10.9. The molecule has 0 heterocycles. The minimum atomic E-state index is -0.886. The van der Waals surface area contributed by atoms with E-state index < -0.39 is 5.97 Å². The van der Waals surface area contributed by atoms with Crippen LogP contribution in [0.2, 0.25) is 0 Å². The van der Waals surface area contributed by atoms with Crippen LogP contribution in [0.4, 0.5) is 0 Å². The Morgan fingerprint density at radius 3 is 2.90 bits per heavy atom. The summed E-state index contributed by atoms with van der Waals surface area (Å²) >= 11 is 3.46. The van der Waals surface area contributed by atoms with Gasteiger partial charge >= 0.3 is 5.97 Å². The summed E-state index contributed by atoms with van der Waals surface area (Å²) in [5.41, 5.74) is 1.44. The average Bonchev–Trinajstić information content (AvgIpc) is 2.46. The first-order chi connectivity index (χ1) is 9.60. The molecule has 1 aliphatic rings. The quantitative estimate of drug-likeness (QED) is 0.844. The first kappa shape index (κ1) is 15.5. The molecule has 20 heavy (non-hydrogen) atoms. The molecular weight excluding hydrogens is 318 g/mol. The van der Waals surface area contributed by atoms with E-state index in [1.54, 1.807) is 12.1 Å². The van der Waals surface area contributed by atoms with Crippen LogP contribution in [0.5, 0.6) is 0 Å². The van der Waals surface area contributed by atoms with E-state index in [0.717, 1.165) is 22.5 Å². The lowest BCUT2D eigenvalue weighted by atomic mass is 9.84. The molecule has 3 nitrogen and oxygen atoms in total. The number of carboxylic acids is 1. The Labute approximate surface area is 128 Å². The van der Waals surface area contributed by atoms with E-state index in [1.165, 1.54) is 32.1 Å². The van der Waals surface area contributed by atoms with Crippen LogP contribution in [0.25, 0.3) is 0 Å². The molecule has 2 N–H and O–H groups in total. The summed E-state index contributed by atoms with van der Waals surface area (Å²) < 4.78 is 0.868. The number of carboxylic acid groups (broad SMARTS) is 1. The minimum absolute atomic E-state index is 0.323. The lowest BCUT2D eigenvalue weighted by Crippen LogP contribution is -2.33. The van der Waals surface area contributed by atoms with Gasteiger partial charge in [-0.1, -0.05) is 48.2 Å². The van der Waals surface area contributed by atoms with Crippen molar-refractivity contribution in [2.45, 2.75) is 51.6 Å². The Morgan fingerprint density at radius 2 is 2.25 bits per heavy atom. The van der Waals surface area contributed by atoms with Crippen LogP contribution < -0.4 is 5.32 Å². The molecular formula is C16H22BrNO2. The van der Waals surface area contributed by atoms with Gasteiger partial charge in [-0.3, -0.25) is 0 Å². The van der Waals surface area contributed by atoms with E-state index in [4.69, 9.17) is 5.11 Å². The van der Waals surface area contributed by atoms with Gasteiger partial charge < -0.3 is 10.4 Å². The van der Waals surface area contributed by atoms with Gasteiger partial charge in [0.25, 0.3) is 0 Å². The van der Waals surface area contributed by atoms with Crippen LogP contribution in [0.3, 0.4) is 0 Å². The maximum atomic E-state index is 10.9. The zero-order chi connectivity index (χ0) is 14.5. The summed E-state index contributed by atoms with van der Waals surface area (Å²) in [6.07, 6.45) is 6.47. The Kier molecular flexibility index (Phi) is 5.61. The van der Waals surface area contributed by atoms with Crippen molar-refractivity contribution < 1.29 is 9.90 Å². The second-order valence-electron chi connectivity index (χ2n) is 5.63. The summed E-state index contributed by atoms with van der Waals surface area (Å²) in [7, 11) is 0. The highest BCUT2D eigenvalue weighted by atomic mass is 79.9. The molecule has 0 spiro atoms. The fourth-order valence-corrected chi connectivity index (χ4v) is 3.44. The maximum Gasteiger partial charge on any atom is 0.335 e. The van der Waals surface area contributed by atoms with Gasteiger partial charge in [-0.15, -0.1) is 0 Å². The number of hydrogen-bond acceptors (Lipinski definition) is 2. The smallest absolute Gasteiger partial charge is 0.335 e. The highest BCUT2D eigenvalue weighted by molar-refractivity contribution is 9.10. The highest BCUT2D eigenvalue weighted by Crippen LogP contribution is 2.27. The molecule has 2 rings (SSSR count). The van der Waals surface area contributed by atoms with Crippen molar-refractivity contribution in [3.8, 4) is 0 Å². The van der Waals surface area contributed by atoms with E-state index in [-0.39, 0.29) is 0 Å². The van der Waals surface area contributed by atoms with Crippen LogP contribution in [0.1, 0.15) is 54.9 Å². The number of benzene rings is 1. The molecule has 2 unspecified atom stereocenters. The highest BCUT2D eigenvalue weighted by Gasteiger charge is 2.20. The predicted octanol–water partition coefficient (Wildman–Crippen LogP) is 4.21. The predicted molar refractivity (Wildman–Crippen MR) is 84.0 cm³/mol. The van der Waals surface area contributed by atoms with Crippen LogP contribution in [-0.2, 0) is 6.54 Å². The van der Waals surface area contributed by atoms with Crippen molar-refractivity contribution >= 4 is 21.9 Å². The second-order valence-corrected chi connectivity index (χ2v) is 6.48. The molecule has 0 bridgehead atoms. The molecule has 2 atom stereocenters. The van der Waals surface area contributed by atoms with Crippen LogP contribution in [0, 0.1) is 5.92 Å². The molecule has 0 aliphatic heterocycles. The monoisotopic (exact) mass is 339 g/mol. The molecule has 0 aromatic heterocycles. The topological polar surface area (TPSA) is 49.3 Å². The molecule has 0 radical (unpaired) electrons. The molecule has 1 saturated carbocycles. The van der Waals surface area contributed by atoms with E-state index in [2.05, 4.69) is 28.2 Å². The van der Waals surface area contributed by atoms with Crippen molar-refractivity contribution in [1.82, 2.24) is 5.32 Å². The molecule has 110 valence electrons. The number of nitrogens with one attached hydrogen (secondary N) is 1. The fraction of sp³-hybridized carbons (Fsp3) is 0.562. The minimum Gasteiger partial charge on any atom is -0.478 e. The number of rotatable bonds is 5. The fourth-order valence-electron chi connectivity index (χ4n) is 2.93. The molecule has 1 aromatic rings. The average molecular weight is 340 g/mol. The second kappa shape index (κ2) is 7.23. The Bertz CT molecular complexity index is 476. The lowest BCUT2D eigenvalue weighted by molar-refractivity contribution is 0.0697. The van der Waals surface area contributed by atoms with Crippen molar-refractivity contribution in [1.29, 1.82) is 0 Å². The third-order valence-electron chi connectivity index (χ3n) is 4.24. The summed E-state index contributed by atoms with van der Waals surface area (Å²) in [5.74, 6) is -0.0256. The Hall–Kier alpha value is -0.870. The molecule has 1 fully saturated rings. The normalized spacial score (nSPS) is 22.7. The van der Waals surface area contributed by atoms with E-state index in [0.29, 0.717) is 11.6 Å². The molecule has 0 saturated heterocycles. The largest absolute Gasteiger partial charge is 0.478 e. The third kappa shape index (κ3) is 4.06. The van der Waals surface area contributed by atoms with Gasteiger partial charge in [0.2, 0.25) is 0 Å². The van der Waals surface area contributed by atoms with Gasteiger partial charge in [-0.2, -0.15) is 0 Å². The molecule has 1 aliphatic carbocycles. The van der Waals surface area contributed by atoms with E-state index in [9.17, 15) is 4.79 Å². The van der Waals surface area contributed by atoms with Crippen molar-refractivity contribution in [2.24, 2.45) is 5.92 Å². The zero-order valence-corrected chi connectivity index (χ0v) is 13.4. The molecule has 4 heteroatoms. The van der Waals surface area contributed by atoms with Crippen LogP contribution in [0.15, 0.2) is 22.7 Å². The number of halogens is 1. The van der Waals surface area contributed by atoms with E-state index >= 15 is 0 Å². The summed E-state index contributed by atoms with van der Waals surface area (Å²) in [6.45, 7) is 3.07. The summed E-state index contributed by atoms with van der Waals surface area (Å²) in [4.78, 5) is 10.9. The van der Waals surface area contributed by atoms with Gasteiger partial charge in [0, 0.05) is 17.1 Å². The van der Waals surface area contributed by atoms with Gasteiger partial charge in [-0.25, -0.2) is 4.79 Å². The first-order valence-electron chi connectivity index (χ1n) is 7.35. The molecule has 0 amide bonds. The van der Waals surface area contributed by atoms with E-state index in [1.807, 2.05) is 6.07 Å². The van der Waals surface area contributed by atoms with Gasteiger partial charge in [0.05, 0.1) is 5.56 Å². The van der Waals surface area contributed by atoms with Gasteiger partial charge in [0.1, 0.15) is 0 Å². The third-order valence-corrected chi connectivity index (χ3v) is 4.98. The number of hydrogen-bond donors (Lipinski definition) is 2. The Balaban J connectivity index is 1.92. The van der Waals surface area contributed by atoms with Crippen molar-refractivity contribution in [2.75, 3.05) is 0 Å². The summed E-state index contributed by atoms with van der Waals surface area (Å²) in [5, 5.41) is 12.6.